The summed E-state index contributed by atoms with van der Waals surface area (Å²) in [6.07, 6.45) is 0. The molecule has 4 nitrogen and oxygen atoms in total. The molecule has 2 rings (SSSR count). The van der Waals surface area contributed by atoms with Crippen LogP contribution in [0.3, 0.4) is 0 Å². The van der Waals surface area contributed by atoms with Crippen molar-refractivity contribution in [1.82, 2.24) is 0 Å². The molecule has 0 radical (unpaired) electrons. The number of fused-ring (bicyclic) bond motifs is 1. The molecule has 124 valence electrons. The number of carbonyl (C=O) groups excluding carboxylic acids is 2. The van der Waals surface area contributed by atoms with E-state index in [-0.39, 0.29) is 13.2 Å². The number of hydrogen-bond acceptors (Lipinski definition) is 4. The van der Waals surface area contributed by atoms with Crippen molar-refractivity contribution in [2.45, 2.75) is 27.1 Å². The number of rotatable bonds is 6. The maximum Gasteiger partial charge on any atom is 0.333 e. The number of esters is 2. The molecule has 0 heterocycles. The van der Waals surface area contributed by atoms with Crippen molar-refractivity contribution in [2.24, 2.45) is 0 Å². The number of carbonyl (C=O) groups is 2. The van der Waals surface area contributed by atoms with E-state index >= 15 is 0 Å². The number of benzene rings is 2. The van der Waals surface area contributed by atoms with Crippen LogP contribution in [0.15, 0.2) is 60.7 Å². The van der Waals surface area contributed by atoms with Crippen LogP contribution in [0.5, 0.6) is 0 Å². The lowest BCUT2D eigenvalue weighted by Crippen LogP contribution is -2.07. The monoisotopic (exact) mass is 324 g/mol. The fourth-order valence-corrected chi connectivity index (χ4v) is 2.20. The highest BCUT2D eigenvalue weighted by molar-refractivity contribution is 5.89. The second-order valence-corrected chi connectivity index (χ2v) is 5.69. The highest BCUT2D eigenvalue weighted by atomic mass is 16.5. The van der Waals surface area contributed by atoms with Gasteiger partial charge in [-0.3, -0.25) is 0 Å². The van der Waals surface area contributed by atoms with E-state index < -0.39 is 11.9 Å². The van der Waals surface area contributed by atoms with Gasteiger partial charge in [-0.2, -0.15) is 0 Å². The molecule has 0 unspecified atom stereocenters. The molecule has 2 aromatic rings. The third-order valence-electron chi connectivity index (χ3n) is 3.43. The van der Waals surface area contributed by atoms with Gasteiger partial charge < -0.3 is 9.47 Å². The van der Waals surface area contributed by atoms with Crippen LogP contribution < -0.4 is 0 Å². The number of ether oxygens (including phenoxy) is 2. The third-order valence-corrected chi connectivity index (χ3v) is 3.43. The van der Waals surface area contributed by atoms with Crippen molar-refractivity contribution in [3.63, 3.8) is 0 Å². The predicted octanol–water partition coefficient (Wildman–Crippen LogP) is 4.08. The van der Waals surface area contributed by atoms with Gasteiger partial charge in [0, 0.05) is 11.1 Å². The van der Waals surface area contributed by atoms with Gasteiger partial charge >= 0.3 is 11.9 Å². The zero-order chi connectivity index (χ0) is 17.7. The van der Waals surface area contributed by atoms with E-state index in [4.69, 9.17) is 9.47 Å². The van der Waals surface area contributed by atoms with Gasteiger partial charge in [0.05, 0.1) is 0 Å². The molecule has 0 bridgehead atoms. The van der Waals surface area contributed by atoms with Gasteiger partial charge in [0.15, 0.2) is 0 Å². The lowest BCUT2D eigenvalue weighted by molar-refractivity contribution is -0.140. The van der Waals surface area contributed by atoms with E-state index in [0.717, 1.165) is 21.9 Å². The highest BCUT2D eigenvalue weighted by Gasteiger charge is 2.10. The summed E-state index contributed by atoms with van der Waals surface area (Å²) in [6.45, 7) is 10.6. The molecule has 0 aliphatic rings. The van der Waals surface area contributed by atoms with Crippen LogP contribution in [0.4, 0.5) is 0 Å². The Balaban J connectivity index is 2.27. The summed E-state index contributed by atoms with van der Waals surface area (Å²) in [6, 6.07) is 11.6. The quantitative estimate of drug-likeness (QED) is 0.593. The molecule has 0 N–H and O–H groups in total. The molecule has 24 heavy (non-hydrogen) atoms. The standard InChI is InChI=1S/C20H20O4/c1-13(2)19(21)23-11-15-9-16-7-5-6-8-18(16)17(10-15)12-24-20(22)14(3)4/h5-10H,1,3,11-12H2,2,4H3. The second-order valence-electron chi connectivity index (χ2n) is 5.69. The Labute approximate surface area is 141 Å². The normalized spacial score (nSPS) is 10.2. The van der Waals surface area contributed by atoms with Crippen LogP contribution in [0.25, 0.3) is 10.8 Å². The third kappa shape index (κ3) is 4.32. The summed E-state index contributed by atoms with van der Waals surface area (Å²) in [7, 11) is 0. The fraction of sp³-hybridized carbons (Fsp3) is 0.200. The zero-order valence-electron chi connectivity index (χ0n) is 13.9. The van der Waals surface area contributed by atoms with Crippen molar-refractivity contribution in [2.75, 3.05) is 0 Å². The van der Waals surface area contributed by atoms with Crippen LogP contribution in [-0.2, 0) is 32.3 Å². The summed E-state index contributed by atoms with van der Waals surface area (Å²) in [5.74, 6) is -0.864. The molecule has 0 saturated carbocycles. The van der Waals surface area contributed by atoms with Gasteiger partial charge in [0.2, 0.25) is 0 Å². The summed E-state index contributed by atoms with van der Waals surface area (Å²) in [4.78, 5) is 23.2. The molecular weight excluding hydrogens is 304 g/mol. The van der Waals surface area contributed by atoms with Gasteiger partial charge in [0.25, 0.3) is 0 Å². The van der Waals surface area contributed by atoms with E-state index in [1.807, 2.05) is 36.4 Å². The molecule has 0 spiro atoms. The Hall–Kier alpha value is -2.88. The van der Waals surface area contributed by atoms with Crippen LogP contribution in [0.2, 0.25) is 0 Å². The van der Waals surface area contributed by atoms with Crippen molar-refractivity contribution >= 4 is 22.7 Å². The van der Waals surface area contributed by atoms with Crippen LogP contribution in [0.1, 0.15) is 25.0 Å². The van der Waals surface area contributed by atoms with Gasteiger partial charge in [-0.15, -0.1) is 0 Å². The molecule has 2 aromatic carbocycles. The minimum absolute atomic E-state index is 0.133. The molecule has 0 aliphatic heterocycles. The van der Waals surface area contributed by atoms with Crippen molar-refractivity contribution < 1.29 is 19.1 Å². The van der Waals surface area contributed by atoms with Gasteiger partial charge in [-0.25, -0.2) is 9.59 Å². The van der Waals surface area contributed by atoms with E-state index in [1.165, 1.54) is 0 Å². The Morgan fingerprint density at radius 3 is 2.12 bits per heavy atom. The Morgan fingerprint density at radius 2 is 1.50 bits per heavy atom. The Kier molecular flexibility index (Phi) is 5.53. The van der Waals surface area contributed by atoms with Crippen molar-refractivity contribution in [1.29, 1.82) is 0 Å². The van der Waals surface area contributed by atoms with E-state index in [0.29, 0.717) is 11.1 Å². The molecule has 4 heteroatoms. The predicted molar refractivity (Wildman–Crippen MR) is 93.2 cm³/mol. The number of hydrogen-bond donors (Lipinski definition) is 0. The van der Waals surface area contributed by atoms with Crippen molar-refractivity contribution in [3.8, 4) is 0 Å². The first kappa shape index (κ1) is 17.5. The van der Waals surface area contributed by atoms with E-state index in [1.54, 1.807) is 13.8 Å². The SMILES string of the molecule is C=C(C)C(=O)OCc1cc(COC(=O)C(=C)C)c2ccccc2c1. The van der Waals surface area contributed by atoms with Crippen LogP contribution >= 0.6 is 0 Å². The van der Waals surface area contributed by atoms with Crippen LogP contribution in [0, 0.1) is 0 Å². The van der Waals surface area contributed by atoms with Crippen molar-refractivity contribution in [3.05, 3.63) is 71.8 Å². The molecule has 0 aliphatic carbocycles. The average molecular weight is 324 g/mol. The molecule has 0 atom stereocenters. The first-order valence-corrected chi connectivity index (χ1v) is 7.54. The summed E-state index contributed by atoms with van der Waals surface area (Å²) in [5, 5.41) is 1.98. The summed E-state index contributed by atoms with van der Waals surface area (Å²) in [5.41, 5.74) is 2.38. The fourth-order valence-electron chi connectivity index (χ4n) is 2.20. The van der Waals surface area contributed by atoms with Gasteiger partial charge in [-0.1, -0.05) is 37.4 Å². The van der Waals surface area contributed by atoms with Gasteiger partial charge in [-0.05, 0) is 47.9 Å². The highest BCUT2D eigenvalue weighted by Crippen LogP contribution is 2.23. The smallest absolute Gasteiger partial charge is 0.333 e. The van der Waals surface area contributed by atoms with Crippen LogP contribution in [-0.4, -0.2) is 11.9 Å². The largest absolute Gasteiger partial charge is 0.457 e. The minimum atomic E-state index is -0.432. The van der Waals surface area contributed by atoms with E-state index in [2.05, 4.69) is 13.2 Å². The lowest BCUT2D eigenvalue weighted by atomic mass is 10.0. The molecule has 0 fully saturated rings. The minimum Gasteiger partial charge on any atom is -0.457 e. The average Bonchev–Trinajstić information content (AvgIpc) is 2.56. The molecule has 0 aromatic heterocycles. The first-order chi connectivity index (χ1) is 11.4. The lowest BCUT2D eigenvalue weighted by Gasteiger charge is -2.12. The Bertz CT molecular complexity index is 817. The zero-order valence-corrected chi connectivity index (χ0v) is 13.9. The first-order valence-electron chi connectivity index (χ1n) is 7.54. The maximum atomic E-state index is 11.6. The van der Waals surface area contributed by atoms with Gasteiger partial charge in [0.1, 0.15) is 13.2 Å². The molecule has 0 saturated heterocycles. The topological polar surface area (TPSA) is 52.6 Å². The second kappa shape index (κ2) is 7.59. The summed E-state index contributed by atoms with van der Waals surface area (Å²) >= 11 is 0. The molecular formula is C20H20O4. The Morgan fingerprint density at radius 1 is 0.917 bits per heavy atom. The molecule has 0 amide bonds. The van der Waals surface area contributed by atoms with E-state index in [9.17, 15) is 9.59 Å². The maximum absolute atomic E-state index is 11.6. The summed E-state index contributed by atoms with van der Waals surface area (Å²) < 4.78 is 10.5.